The molecule has 0 aliphatic heterocycles. The van der Waals surface area contributed by atoms with Crippen LogP contribution in [-0.4, -0.2) is 30.6 Å². The Hall–Kier alpha value is -1.91. The Labute approximate surface area is 116 Å². The lowest BCUT2D eigenvalue weighted by molar-refractivity contribution is -0.117. The van der Waals surface area contributed by atoms with Gasteiger partial charge in [0.15, 0.2) is 5.13 Å². The fourth-order valence-electron chi connectivity index (χ4n) is 1.19. The van der Waals surface area contributed by atoms with Gasteiger partial charge < -0.3 is 15.4 Å². The molecule has 6 nitrogen and oxygen atoms in total. The normalized spacial score (nSPS) is 10.8. The molecule has 0 aromatic carbocycles. The number of thiazole rings is 1. The van der Waals surface area contributed by atoms with Crippen LogP contribution in [0.25, 0.3) is 0 Å². The summed E-state index contributed by atoms with van der Waals surface area (Å²) >= 11 is 1.39. The Morgan fingerprint density at radius 3 is 3.16 bits per heavy atom. The topological polar surface area (TPSA) is 87.0 Å². The Balaban J connectivity index is 2.35. The third-order valence-corrected chi connectivity index (χ3v) is 2.80. The number of nitrogens with one attached hydrogen (secondary N) is 2. The van der Waals surface area contributed by atoms with Crippen LogP contribution >= 0.6 is 11.3 Å². The number of nitriles is 1. The molecule has 1 amide bonds. The SMILES string of the molecule is CCOCCCNC(=O)/C(C#N)=C\Nc1nccs1. The van der Waals surface area contributed by atoms with E-state index in [1.165, 1.54) is 17.5 Å². The van der Waals surface area contributed by atoms with Crippen LogP contribution in [-0.2, 0) is 9.53 Å². The fraction of sp³-hybridized carbons (Fsp3) is 0.417. The van der Waals surface area contributed by atoms with E-state index in [-0.39, 0.29) is 5.57 Å². The highest BCUT2D eigenvalue weighted by Gasteiger charge is 2.07. The standard InChI is InChI=1S/C12H16N4O2S/c1-2-18-6-3-4-14-11(17)10(8-13)9-16-12-15-5-7-19-12/h5,7,9H,2-4,6H2,1H3,(H,14,17)(H,15,16)/b10-9-. The molecule has 19 heavy (non-hydrogen) atoms. The van der Waals surface area contributed by atoms with Crippen molar-refractivity contribution in [2.24, 2.45) is 0 Å². The summed E-state index contributed by atoms with van der Waals surface area (Å²) in [6, 6.07) is 1.85. The van der Waals surface area contributed by atoms with Crippen LogP contribution in [0.3, 0.4) is 0 Å². The molecule has 0 saturated carbocycles. The van der Waals surface area contributed by atoms with E-state index in [9.17, 15) is 4.79 Å². The second-order valence-electron chi connectivity index (χ2n) is 3.46. The molecular weight excluding hydrogens is 264 g/mol. The molecule has 7 heteroatoms. The number of carbonyl (C=O) groups is 1. The van der Waals surface area contributed by atoms with Crippen LogP contribution in [0.4, 0.5) is 5.13 Å². The first kappa shape index (κ1) is 15.1. The number of rotatable bonds is 8. The van der Waals surface area contributed by atoms with Crippen LogP contribution < -0.4 is 10.6 Å². The van der Waals surface area contributed by atoms with Crippen molar-refractivity contribution in [2.75, 3.05) is 25.1 Å². The van der Waals surface area contributed by atoms with Gasteiger partial charge in [0.05, 0.1) is 0 Å². The van der Waals surface area contributed by atoms with Crippen molar-refractivity contribution >= 4 is 22.4 Å². The zero-order chi connectivity index (χ0) is 13.9. The maximum Gasteiger partial charge on any atom is 0.263 e. The Kier molecular flexibility index (Phi) is 7.24. The van der Waals surface area contributed by atoms with Crippen molar-refractivity contribution in [3.05, 3.63) is 23.3 Å². The number of carbonyl (C=O) groups excluding carboxylic acids is 1. The minimum absolute atomic E-state index is 0.0200. The lowest BCUT2D eigenvalue weighted by Gasteiger charge is -2.04. The summed E-state index contributed by atoms with van der Waals surface area (Å²) in [5, 5.41) is 16.8. The molecule has 2 N–H and O–H groups in total. The molecule has 0 unspecified atom stereocenters. The first-order chi connectivity index (χ1) is 9.27. The molecule has 1 heterocycles. The van der Waals surface area contributed by atoms with Crippen LogP contribution in [0, 0.1) is 11.3 Å². The van der Waals surface area contributed by atoms with Crippen LogP contribution in [0.15, 0.2) is 23.3 Å². The first-order valence-corrected chi connectivity index (χ1v) is 6.78. The second-order valence-corrected chi connectivity index (χ2v) is 4.35. The summed E-state index contributed by atoms with van der Waals surface area (Å²) in [4.78, 5) is 15.6. The Bertz CT molecular complexity index is 451. The predicted molar refractivity (Wildman–Crippen MR) is 73.6 cm³/mol. The highest BCUT2D eigenvalue weighted by atomic mass is 32.1. The van der Waals surface area contributed by atoms with Gasteiger partial charge in [0.2, 0.25) is 0 Å². The molecule has 0 spiro atoms. The van der Waals surface area contributed by atoms with Gasteiger partial charge in [-0.3, -0.25) is 4.79 Å². The summed E-state index contributed by atoms with van der Waals surface area (Å²) in [5.74, 6) is -0.400. The highest BCUT2D eigenvalue weighted by Crippen LogP contribution is 2.10. The number of aromatic nitrogens is 1. The lowest BCUT2D eigenvalue weighted by atomic mass is 10.3. The quantitative estimate of drug-likeness (QED) is 0.428. The molecule has 0 aliphatic carbocycles. The van der Waals surface area contributed by atoms with Crippen LogP contribution in [0.1, 0.15) is 13.3 Å². The van der Waals surface area contributed by atoms with E-state index in [4.69, 9.17) is 10.00 Å². The average molecular weight is 280 g/mol. The van der Waals surface area contributed by atoms with E-state index in [0.717, 1.165) is 6.42 Å². The summed E-state index contributed by atoms with van der Waals surface area (Å²) in [6.07, 6.45) is 3.72. The minimum Gasteiger partial charge on any atom is -0.382 e. The van der Waals surface area contributed by atoms with Gasteiger partial charge in [-0.1, -0.05) is 0 Å². The number of amides is 1. The van der Waals surface area contributed by atoms with Crippen molar-refractivity contribution in [3.8, 4) is 6.07 Å². The predicted octanol–water partition coefficient (Wildman–Crippen LogP) is 1.51. The monoisotopic (exact) mass is 280 g/mol. The van der Waals surface area contributed by atoms with Crippen LogP contribution in [0.5, 0.6) is 0 Å². The minimum atomic E-state index is -0.400. The van der Waals surface area contributed by atoms with Gasteiger partial charge in [-0.2, -0.15) is 5.26 Å². The van der Waals surface area contributed by atoms with Crippen molar-refractivity contribution in [3.63, 3.8) is 0 Å². The van der Waals surface area contributed by atoms with Crippen molar-refractivity contribution in [1.82, 2.24) is 10.3 Å². The number of nitrogens with zero attached hydrogens (tertiary/aromatic N) is 2. The molecule has 0 aliphatic rings. The van der Waals surface area contributed by atoms with E-state index in [1.807, 2.05) is 13.0 Å². The highest BCUT2D eigenvalue weighted by molar-refractivity contribution is 7.13. The third-order valence-electron chi connectivity index (χ3n) is 2.09. The van der Waals surface area contributed by atoms with Gasteiger partial charge in [-0.25, -0.2) is 4.98 Å². The van der Waals surface area contributed by atoms with Gasteiger partial charge >= 0.3 is 0 Å². The molecule has 0 saturated heterocycles. The number of ether oxygens (including phenoxy) is 1. The van der Waals surface area contributed by atoms with E-state index in [1.54, 1.807) is 11.6 Å². The summed E-state index contributed by atoms with van der Waals surface area (Å²) in [5.41, 5.74) is 0.0200. The molecule has 0 radical (unpaired) electrons. The number of hydrogen-bond donors (Lipinski definition) is 2. The van der Waals surface area contributed by atoms with E-state index >= 15 is 0 Å². The van der Waals surface area contributed by atoms with Gasteiger partial charge in [0, 0.05) is 37.5 Å². The molecule has 0 fully saturated rings. The fourth-order valence-corrected chi connectivity index (χ4v) is 1.69. The molecule has 1 rings (SSSR count). The average Bonchev–Trinajstić information content (AvgIpc) is 2.92. The lowest BCUT2D eigenvalue weighted by Crippen LogP contribution is -2.26. The zero-order valence-corrected chi connectivity index (χ0v) is 11.5. The molecule has 0 bridgehead atoms. The zero-order valence-electron chi connectivity index (χ0n) is 10.7. The largest absolute Gasteiger partial charge is 0.382 e. The number of anilines is 1. The Morgan fingerprint density at radius 1 is 1.68 bits per heavy atom. The summed E-state index contributed by atoms with van der Waals surface area (Å²) < 4.78 is 5.15. The third kappa shape index (κ3) is 5.99. The van der Waals surface area contributed by atoms with Gasteiger partial charge in [-0.15, -0.1) is 11.3 Å². The van der Waals surface area contributed by atoms with Crippen molar-refractivity contribution < 1.29 is 9.53 Å². The van der Waals surface area contributed by atoms with Crippen molar-refractivity contribution in [2.45, 2.75) is 13.3 Å². The van der Waals surface area contributed by atoms with E-state index in [2.05, 4.69) is 15.6 Å². The van der Waals surface area contributed by atoms with Crippen LogP contribution in [0.2, 0.25) is 0 Å². The molecule has 102 valence electrons. The van der Waals surface area contributed by atoms with E-state index in [0.29, 0.717) is 24.9 Å². The molecular formula is C12H16N4O2S. The maximum absolute atomic E-state index is 11.7. The van der Waals surface area contributed by atoms with Crippen molar-refractivity contribution in [1.29, 1.82) is 5.26 Å². The van der Waals surface area contributed by atoms with Gasteiger partial charge in [0.1, 0.15) is 11.6 Å². The smallest absolute Gasteiger partial charge is 0.263 e. The first-order valence-electron chi connectivity index (χ1n) is 5.90. The number of hydrogen-bond acceptors (Lipinski definition) is 6. The summed E-state index contributed by atoms with van der Waals surface area (Å²) in [7, 11) is 0. The van der Waals surface area contributed by atoms with Gasteiger partial charge in [0.25, 0.3) is 5.91 Å². The summed E-state index contributed by atoms with van der Waals surface area (Å²) in [6.45, 7) is 3.66. The van der Waals surface area contributed by atoms with E-state index < -0.39 is 5.91 Å². The molecule has 1 aromatic rings. The maximum atomic E-state index is 11.7. The molecule has 0 atom stereocenters. The molecule has 1 aromatic heterocycles. The van der Waals surface area contributed by atoms with Gasteiger partial charge in [-0.05, 0) is 13.3 Å². The second kappa shape index (κ2) is 9.08. The Morgan fingerprint density at radius 2 is 2.53 bits per heavy atom.